The third-order valence-corrected chi connectivity index (χ3v) is 4.67. The summed E-state index contributed by atoms with van der Waals surface area (Å²) in [4.78, 5) is 13.4. The molecular formula is C23H19NO2. The molecule has 0 fully saturated rings. The maximum Gasteiger partial charge on any atom is 0.210 e. The van der Waals surface area contributed by atoms with E-state index >= 15 is 0 Å². The zero-order valence-corrected chi connectivity index (χ0v) is 14.8. The van der Waals surface area contributed by atoms with Crippen LogP contribution in [-0.2, 0) is 0 Å². The molecule has 0 radical (unpaired) electrons. The number of fused-ring (bicyclic) bond motifs is 1. The van der Waals surface area contributed by atoms with E-state index in [2.05, 4.69) is 19.1 Å². The predicted molar refractivity (Wildman–Crippen MR) is 104 cm³/mol. The molecule has 0 amide bonds. The number of benzene rings is 2. The Balaban J connectivity index is 1.94. The van der Waals surface area contributed by atoms with E-state index < -0.39 is 0 Å². The fourth-order valence-corrected chi connectivity index (χ4v) is 3.29. The van der Waals surface area contributed by atoms with E-state index in [0.29, 0.717) is 11.3 Å². The Kier molecular flexibility index (Phi) is 4.05. The molecule has 2 aromatic heterocycles. The molecule has 26 heavy (non-hydrogen) atoms. The fourth-order valence-electron chi connectivity index (χ4n) is 3.29. The number of aromatic nitrogens is 1. The topological polar surface area (TPSA) is 30.7 Å². The number of pyridine rings is 1. The lowest BCUT2D eigenvalue weighted by atomic mass is 10.0. The Morgan fingerprint density at radius 2 is 1.65 bits per heavy atom. The second-order valence-corrected chi connectivity index (χ2v) is 6.28. The first-order valence-corrected chi connectivity index (χ1v) is 8.54. The smallest absolute Gasteiger partial charge is 0.210 e. The predicted octanol–water partition coefficient (Wildman–Crippen LogP) is 5.15. The van der Waals surface area contributed by atoms with Crippen LogP contribution in [0.25, 0.3) is 16.6 Å². The minimum absolute atomic E-state index is 0.00268. The standard InChI is InChI=1S/C23H19NO2/c1-16-7-6-14-24-21(16)15-20(17-8-4-3-5-9-17)22(24)23(25)18-10-12-19(26-2)13-11-18/h3-15H,1-2H3. The van der Waals surface area contributed by atoms with Gasteiger partial charge in [0.25, 0.3) is 0 Å². The van der Waals surface area contributed by atoms with Crippen molar-refractivity contribution in [2.75, 3.05) is 7.11 Å². The molecule has 3 heteroatoms. The summed E-state index contributed by atoms with van der Waals surface area (Å²) in [7, 11) is 1.62. The average Bonchev–Trinajstić information content (AvgIpc) is 3.09. The molecule has 0 unspecified atom stereocenters. The molecule has 0 atom stereocenters. The molecule has 0 aliphatic rings. The van der Waals surface area contributed by atoms with Crippen molar-refractivity contribution in [1.29, 1.82) is 0 Å². The minimum Gasteiger partial charge on any atom is -0.497 e. The fraction of sp³-hybridized carbons (Fsp3) is 0.0870. The van der Waals surface area contributed by atoms with Crippen LogP contribution in [0.3, 0.4) is 0 Å². The van der Waals surface area contributed by atoms with Crippen molar-refractivity contribution in [3.8, 4) is 16.9 Å². The lowest BCUT2D eigenvalue weighted by Gasteiger charge is -2.08. The Labute approximate surface area is 152 Å². The van der Waals surface area contributed by atoms with Crippen LogP contribution in [0.2, 0.25) is 0 Å². The number of aryl methyl sites for hydroxylation is 1. The summed E-state index contributed by atoms with van der Waals surface area (Å²) in [6.45, 7) is 2.06. The van der Waals surface area contributed by atoms with Gasteiger partial charge in [0.05, 0.1) is 7.11 Å². The molecule has 3 nitrogen and oxygen atoms in total. The van der Waals surface area contributed by atoms with Crippen LogP contribution in [0.15, 0.2) is 79.0 Å². The van der Waals surface area contributed by atoms with Gasteiger partial charge in [-0.3, -0.25) is 4.79 Å². The van der Waals surface area contributed by atoms with Gasteiger partial charge in [-0.1, -0.05) is 36.4 Å². The van der Waals surface area contributed by atoms with Crippen LogP contribution < -0.4 is 4.74 Å². The first kappa shape index (κ1) is 16.2. The average molecular weight is 341 g/mol. The third kappa shape index (κ3) is 2.68. The number of hydrogen-bond acceptors (Lipinski definition) is 2. The van der Waals surface area contributed by atoms with Crippen LogP contribution in [0, 0.1) is 6.92 Å². The van der Waals surface area contributed by atoms with Gasteiger partial charge < -0.3 is 9.14 Å². The highest BCUT2D eigenvalue weighted by atomic mass is 16.5. The maximum atomic E-state index is 13.4. The number of rotatable bonds is 4. The number of carbonyl (C=O) groups excluding carboxylic acids is 1. The Morgan fingerprint density at radius 1 is 0.923 bits per heavy atom. The zero-order chi connectivity index (χ0) is 18.1. The lowest BCUT2D eigenvalue weighted by molar-refractivity contribution is 0.103. The van der Waals surface area contributed by atoms with Crippen molar-refractivity contribution >= 4 is 11.3 Å². The van der Waals surface area contributed by atoms with Gasteiger partial charge in [-0.15, -0.1) is 0 Å². The Morgan fingerprint density at radius 3 is 2.35 bits per heavy atom. The number of ketones is 1. The largest absolute Gasteiger partial charge is 0.497 e. The summed E-state index contributed by atoms with van der Waals surface area (Å²) in [6.07, 6.45) is 1.95. The van der Waals surface area contributed by atoms with E-state index in [1.807, 2.05) is 71.3 Å². The number of methoxy groups -OCH3 is 1. The van der Waals surface area contributed by atoms with E-state index in [1.54, 1.807) is 7.11 Å². The van der Waals surface area contributed by atoms with E-state index in [1.165, 1.54) is 0 Å². The van der Waals surface area contributed by atoms with E-state index in [4.69, 9.17) is 4.74 Å². The molecule has 128 valence electrons. The van der Waals surface area contributed by atoms with Crippen molar-refractivity contribution in [2.24, 2.45) is 0 Å². The highest BCUT2D eigenvalue weighted by Gasteiger charge is 2.20. The maximum absolute atomic E-state index is 13.4. The van der Waals surface area contributed by atoms with E-state index in [9.17, 15) is 4.79 Å². The molecule has 0 aliphatic carbocycles. The van der Waals surface area contributed by atoms with Crippen LogP contribution in [-0.4, -0.2) is 17.3 Å². The molecule has 0 spiro atoms. The van der Waals surface area contributed by atoms with Gasteiger partial charge in [0.15, 0.2) is 0 Å². The first-order chi connectivity index (χ1) is 12.7. The van der Waals surface area contributed by atoms with E-state index in [-0.39, 0.29) is 5.78 Å². The van der Waals surface area contributed by atoms with Crippen molar-refractivity contribution in [1.82, 2.24) is 4.40 Å². The summed E-state index contributed by atoms with van der Waals surface area (Å²) >= 11 is 0. The van der Waals surface area contributed by atoms with Crippen LogP contribution >= 0.6 is 0 Å². The quantitative estimate of drug-likeness (QED) is 0.480. The Bertz CT molecular complexity index is 1080. The molecule has 0 N–H and O–H groups in total. The molecule has 4 rings (SSSR count). The lowest BCUT2D eigenvalue weighted by Crippen LogP contribution is -2.07. The number of nitrogens with zero attached hydrogens (tertiary/aromatic N) is 1. The molecule has 0 bridgehead atoms. The zero-order valence-electron chi connectivity index (χ0n) is 14.8. The molecule has 2 heterocycles. The van der Waals surface area contributed by atoms with Gasteiger partial charge in [0.2, 0.25) is 5.78 Å². The van der Waals surface area contributed by atoms with Crippen LogP contribution in [0.5, 0.6) is 5.75 Å². The van der Waals surface area contributed by atoms with Gasteiger partial charge >= 0.3 is 0 Å². The van der Waals surface area contributed by atoms with Crippen molar-refractivity contribution < 1.29 is 9.53 Å². The highest BCUT2D eigenvalue weighted by molar-refractivity contribution is 6.13. The van der Waals surface area contributed by atoms with Crippen molar-refractivity contribution in [3.63, 3.8) is 0 Å². The monoisotopic (exact) mass is 341 g/mol. The van der Waals surface area contributed by atoms with Crippen molar-refractivity contribution in [3.05, 3.63) is 95.8 Å². The van der Waals surface area contributed by atoms with Gasteiger partial charge in [-0.25, -0.2) is 0 Å². The summed E-state index contributed by atoms with van der Waals surface area (Å²) in [5.41, 5.74) is 5.49. The molecule has 4 aromatic rings. The molecule has 0 saturated carbocycles. The summed E-state index contributed by atoms with van der Waals surface area (Å²) in [6, 6.07) is 23.4. The summed E-state index contributed by atoms with van der Waals surface area (Å²) in [5, 5.41) is 0. The first-order valence-electron chi connectivity index (χ1n) is 8.54. The number of hydrogen-bond donors (Lipinski definition) is 0. The summed E-state index contributed by atoms with van der Waals surface area (Å²) in [5.74, 6) is 0.734. The molecule has 0 saturated heterocycles. The van der Waals surface area contributed by atoms with Crippen LogP contribution in [0.4, 0.5) is 0 Å². The number of ether oxygens (including phenoxy) is 1. The normalized spacial score (nSPS) is 10.8. The van der Waals surface area contributed by atoms with Gasteiger partial charge in [0, 0.05) is 22.8 Å². The Hall–Kier alpha value is -3.33. The molecule has 0 aliphatic heterocycles. The SMILES string of the molecule is COc1ccc(C(=O)c2c(-c3ccccc3)cc3c(C)cccn23)cc1. The van der Waals surface area contributed by atoms with E-state index in [0.717, 1.165) is 28.0 Å². The molecule has 2 aromatic carbocycles. The second kappa shape index (κ2) is 6.52. The van der Waals surface area contributed by atoms with Crippen LogP contribution in [0.1, 0.15) is 21.6 Å². The highest BCUT2D eigenvalue weighted by Crippen LogP contribution is 2.31. The number of carbonyl (C=O) groups is 1. The third-order valence-electron chi connectivity index (χ3n) is 4.67. The van der Waals surface area contributed by atoms with Gasteiger partial charge in [-0.2, -0.15) is 0 Å². The second-order valence-electron chi connectivity index (χ2n) is 6.28. The molecular weight excluding hydrogens is 322 g/mol. The minimum atomic E-state index is -0.00268. The van der Waals surface area contributed by atoms with Gasteiger partial charge in [-0.05, 0) is 54.4 Å². The van der Waals surface area contributed by atoms with Crippen molar-refractivity contribution in [2.45, 2.75) is 6.92 Å². The summed E-state index contributed by atoms with van der Waals surface area (Å²) < 4.78 is 7.19. The van der Waals surface area contributed by atoms with Gasteiger partial charge in [0.1, 0.15) is 11.4 Å².